The van der Waals surface area contributed by atoms with E-state index in [9.17, 15) is 9.59 Å². The van der Waals surface area contributed by atoms with Crippen molar-refractivity contribution < 1.29 is 28.5 Å². The zero-order valence-corrected chi connectivity index (χ0v) is 18.2. The number of benzene rings is 1. The average molecular weight is 443 g/mol. The number of para-hydroxylation sites is 1. The Kier molecular flexibility index (Phi) is 6.52. The Morgan fingerprint density at radius 2 is 1.88 bits per heavy atom. The molecule has 5 aliphatic rings. The molecule has 2 atom stereocenters. The lowest BCUT2D eigenvalue weighted by Crippen LogP contribution is -2.44. The smallest absolute Gasteiger partial charge is 0.277 e. The fourth-order valence-electron chi connectivity index (χ4n) is 5.14. The van der Waals surface area contributed by atoms with Crippen LogP contribution in [0.5, 0.6) is 5.75 Å². The zero-order chi connectivity index (χ0) is 21.9. The van der Waals surface area contributed by atoms with Crippen molar-refractivity contribution in [2.45, 2.75) is 56.3 Å². The van der Waals surface area contributed by atoms with Gasteiger partial charge in [-0.15, -0.1) is 0 Å². The first-order valence-corrected chi connectivity index (χ1v) is 11.6. The van der Waals surface area contributed by atoms with E-state index in [0.29, 0.717) is 44.4 Å². The number of nitrogens with zero attached hydrogens (tertiary/aromatic N) is 2. The van der Waals surface area contributed by atoms with Gasteiger partial charge < -0.3 is 23.8 Å². The molecule has 4 heterocycles. The van der Waals surface area contributed by atoms with Crippen LogP contribution in [0.1, 0.15) is 43.6 Å². The monoisotopic (exact) mass is 442 g/mol. The normalized spacial score (nSPS) is 32.3. The second-order valence-corrected chi connectivity index (χ2v) is 8.86. The lowest BCUT2D eigenvalue weighted by molar-refractivity contribution is -0.144. The third kappa shape index (κ3) is 4.58. The van der Waals surface area contributed by atoms with E-state index >= 15 is 0 Å². The molecule has 1 saturated carbocycles. The van der Waals surface area contributed by atoms with Gasteiger partial charge in [-0.05, 0) is 43.2 Å². The molecule has 0 aromatic heterocycles. The van der Waals surface area contributed by atoms with Gasteiger partial charge in [-0.25, -0.2) is 4.99 Å². The highest BCUT2D eigenvalue weighted by Crippen LogP contribution is 2.38. The second-order valence-electron chi connectivity index (χ2n) is 8.86. The summed E-state index contributed by atoms with van der Waals surface area (Å²) < 4.78 is 23.1. The van der Waals surface area contributed by atoms with E-state index < -0.39 is 6.10 Å². The van der Waals surface area contributed by atoms with E-state index in [-0.39, 0.29) is 37.2 Å². The molecular formula is C24H30N2O6. The van der Waals surface area contributed by atoms with Gasteiger partial charge in [-0.1, -0.05) is 18.2 Å². The van der Waals surface area contributed by atoms with Gasteiger partial charge in [0.2, 0.25) is 0 Å². The van der Waals surface area contributed by atoms with Gasteiger partial charge in [-0.3, -0.25) is 9.59 Å². The van der Waals surface area contributed by atoms with Gasteiger partial charge >= 0.3 is 0 Å². The van der Waals surface area contributed by atoms with Crippen molar-refractivity contribution in [2.24, 2.45) is 4.99 Å². The molecule has 8 nitrogen and oxygen atoms in total. The van der Waals surface area contributed by atoms with Crippen LogP contribution < -0.4 is 4.74 Å². The molecule has 0 unspecified atom stereocenters. The molecule has 2 bridgehead atoms. The molecule has 2 saturated heterocycles. The SMILES string of the molecule is O=C(N=C1CCN2C(=O)COc3ccccc3C3CCC(CC3)OC[C@@H]12)[C@@H]1COCCO1. The first-order chi connectivity index (χ1) is 15.7. The third-order valence-electron chi connectivity index (χ3n) is 6.91. The van der Waals surface area contributed by atoms with Crippen LogP contribution in [-0.4, -0.2) is 80.3 Å². The summed E-state index contributed by atoms with van der Waals surface area (Å²) in [5.41, 5.74) is 1.86. The van der Waals surface area contributed by atoms with Crippen LogP contribution in [0, 0.1) is 0 Å². The Morgan fingerprint density at radius 1 is 1.03 bits per heavy atom. The number of carbonyl (C=O) groups is 2. The number of aliphatic imine (C=N–C) groups is 1. The van der Waals surface area contributed by atoms with Gasteiger partial charge in [0.1, 0.15) is 5.75 Å². The second kappa shape index (κ2) is 9.68. The molecule has 3 fully saturated rings. The van der Waals surface area contributed by atoms with Crippen molar-refractivity contribution in [1.82, 2.24) is 4.90 Å². The van der Waals surface area contributed by atoms with E-state index in [4.69, 9.17) is 18.9 Å². The largest absolute Gasteiger partial charge is 0.483 e. The van der Waals surface area contributed by atoms with Gasteiger partial charge in [0.15, 0.2) is 12.7 Å². The molecule has 1 aromatic carbocycles. The lowest BCUT2D eigenvalue weighted by atomic mass is 9.82. The molecule has 1 aromatic rings. The first kappa shape index (κ1) is 21.6. The molecular weight excluding hydrogens is 412 g/mol. The predicted octanol–water partition coefficient (Wildman–Crippen LogP) is 2.11. The Morgan fingerprint density at radius 3 is 2.69 bits per heavy atom. The Labute approximate surface area is 187 Å². The highest BCUT2D eigenvalue weighted by atomic mass is 16.6. The van der Waals surface area contributed by atoms with Crippen LogP contribution in [0.3, 0.4) is 0 Å². The topological polar surface area (TPSA) is 86.7 Å². The molecule has 0 radical (unpaired) electrons. The molecule has 0 N–H and O–H groups in total. The van der Waals surface area contributed by atoms with E-state index in [1.807, 2.05) is 18.2 Å². The number of hydrogen-bond donors (Lipinski definition) is 0. The van der Waals surface area contributed by atoms with Crippen molar-refractivity contribution in [1.29, 1.82) is 0 Å². The summed E-state index contributed by atoms with van der Waals surface area (Å²) >= 11 is 0. The number of rotatable bonds is 1. The van der Waals surface area contributed by atoms with Gasteiger partial charge in [0, 0.05) is 18.7 Å². The van der Waals surface area contributed by atoms with Crippen LogP contribution in [0.25, 0.3) is 0 Å². The Balaban J connectivity index is 1.37. The van der Waals surface area contributed by atoms with Crippen molar-refractivity contribution in [2.75, 3.05) is 39.6 Å². The predicted molar refractivity (Wildman–Crippen MR) is 116 cm³/mol. The maximum absolute atomic E-state index is 13.1. The maximum atomic E-state index is 13.1. The van der Waals surface area contributed by atoms with Gasteiger partial charge in [-0.2, -0.15) is 0 Å². The molecule has 8 heteroatoms. The quantitative estimate of drug-likeness (QED) is 0.662. The van der Waals surface area contributed by atoms with Gasteiger partial charge in [0.25, 0.3) is 11.8 Å². The van der Waals surface area contributed by atoms with Crippen LogP contribution >= 0.6 is 0 Å². The minimum absolute atomic E-state index is 0.0372. The fourth-order valence-corrected chi connectivity index (χ4v) is 5.14. The van der Waals surface area contributed by atoms with Crippen LogP contribution in [-0.2, 0) is 23.8 Å². The van der Waals surface area contributed by atoms with Crippen LogP contribution in [0.2, 0.25) is 0 Å². The maximum Gasteiger partial charge on any atom is 0.277 e. The molecule has 1 aliphatic carbocycles. The highest BCUT2D eigenvalue weighted by Gasteiger charge is 2.37. The fraction of sp³-hybridized carbons (Fsp3) is 0.625. The molecule has 32 heavy (non-hydrogen) atoms. The molecule has 2 amide bonds. The third-order valence-corrected chi connectivity index (χ3v) is 6.91. The summed E-state index contributed by atoms with van der Waals surface area (Å²) in [4.78, 5) is 31.8. The highest BCUT2D eigenvalue weighted by molar-refractivity contribution is 6.03. The van der Waals surface area contributed by atoms with E-state index in [0.717, 1.165) is 31.4 Å². The molecule has 0 spiro atoms. The minimum atomic E-state index is -0.674. The van der Waals surface area contributed by atoms with Crippen molar-refractivity contribution in [3.05, 3.63) is 29.8 Å². The Hall–Kier alpha value is -2.29. The van der Waals surface area contributed by atoms with Crippen LogP contribution in [0.4, 0.5) is 0 Å². The lowest BCUT2D eigenvalue weighted by Gasteiger charge is -2.30. The summed E-state index contributed by atoms with van der Waals surface area (Å²) in [7, 11) is 0. The summed E-state index contributed by atoms with van der Waals surface area (Å²) in [5, 5.41) is 0. The summed E-state index contributed by atoms with van der Waals surface area (Å²) in [6, 6.07) is 7.68. The number of hydrogen-bond acceptors (Lipinski definition) is 6. The van der Waals surface area contributed by atoms with E-state index in [1.165, 1.54) is 5.56 Å². The van der Waals surface area contributed by atoms with Crippen molar-refractivity contribution >= 4 is 17.5 Å². The molecule has 172 valence electrons. The number of amides is 2. The van der Waals surface area contributed by atoms with E-state index in [1.54, 1.807) is 4.90 Å². The number of fused-ring (bicyclic) bond motifs is 5. The first-order valence-electron chi connectivity index (χ1n) is 11.6. The minimum Gasteiger partial charge on any atom is -0.483 e. The molecule has 6 rings (SSSR count). The summed E-state index contributed by atoms with van der Waals surface area (Å²) in [6.45, 7) is 1.91. The summed E-state index contributed by atoms with van der Waals surface area (Å²) in [6.07, 6.45) is 4.04. The van der Waals surface area contributed by atoms with Crippen molar-refractivity contribution in [3.8, 4) is 5.75 Å². The Bertz CT molecular complexity index is 873. The van der Waals surface area contributed by atoms with Gasteiger partial charge in [0.05, 0.1) is 38.6 Å². The average Bonchev–Trinajstić information content (AvgIpc) is 3.24. The zero-order valence-electron chi connectivity index (χ0n) is 18.2. The number of carbonyl (C=O) groups excluding carboxylic acids is 2. The molecule has 4 aliphatic heterocycles. The standard InChI is InChI=1S/C24H30N2O6/c27-23-15-32-21-4-2-1-3-18(21)16-5-7-17(8-6-16)31-13-20-19(9-10-26(20)23)25-24(28)22-14-29-11-12-30-22/h1-4,16-17,20,22H,5-15H2/t16?,17?,20-,22-/m0/s1. The van der Waals surface area contributed by atoms with E-state index in [2.05, 4.69) is 11.1 Å². The van der Waals surface area contributed by atoms with Crippen LogP contribution in [0.15, 0.2) is 29.3 Å². The summed E-state index contributed by atoms with van der Waals surface area (Å²) in [5.74, 6) is 0.755. The number of ether oxygens (including phenoxy) is 4. The van der Waals surface area contributed by atoms with Crippen molar-refractivity contribution in [3.63, 3.8) is 0 Å².